The van der Waals surface area contributed by atoms with Crippen molar-refractivity contribution in [2.45, 2.75) is 0 Å². The third-order valence-electron chi connectivity index (χ3n) is 2.09. The summed E-state index contributed by atoms with van der Waals surface area (Å²) in [6.07, 6.45) is 0. The maximum absolute atomic E-state index is 13.5. The number of hydrogen-bond acceptors (Lipinski definition) is 4. The van der Waals surface area contributed by atoms with Crippen LogP contribution in [0.1, 0.15) is 5.69 Å². The standard InChI is InChI=1S/C11H6ClFN2OS/c1-16-9-3-2-6(4-7(9)13)11-15-8(5-14)10(12)17-11/h2-4H,1H3. The molecule has 0 aliphatic rings. The minimum absolute atomic E-state index is 0.155. The number of halogens is 2. The molecule has 0 fully saturated rings. The molecule has 0 aliphatic carbocycles. The number of thiazole rings is 1. The van der Waals surface area contributed by atoms with E-state index in [1.165, 1.54) is 19.2 Å². The minimum atomic E-state index is -0.477. The number of ether oxygens (including phenoxy) is 1. The van der Waals surface area contributed by atoms with Crippen LogP contribution in [-0.4, -0.2) is 12.1 Å². The molecule has 0 radical (unpaired) electrons. The van der Waals surface area contributed by atoms with E-state index in [1.54, 1.807) is 6.07 Å². The van der Waals surface area contributed by atoms with Crippen LogP contribution in [-0.2, 0) is 0 Å². The quantitative estimate of drug-likeness (QED) is 0.838. The van der Waals surface area contributed by atoms with Gasteiger partial charge in [-0.25, -0.2) is 9.37 Å². The summed E-state index contributed by atoms with van der Waals surface area (Å²) in [6.45, 7) is 0. The van der Waals surface area contributed by atoms with Crippen molar-refractivity contribution in [2.24, 2.45) is 0 Å². The van der Waals surface area contributed by atoms with E-state index >= 15 is 0 Å². The molecule has 0 aliphatic heterocycles. The molecule has 1 aromatic carbocycles. The van der Waals surface area contributed by atoms with Gasteiger partial charge in [-0.05, 0) is 18.2 Å². The zero-order valence-electron chi connectivity index (χ0n) is 8.70. The SMILES string of the molecule is COc1ccc(-c2nc(C#N)c(Cl)s2)cc1F. The van der Waals surface area contributed by atoms with Gasteiger partial charge in [-0.2, -0.15) is 5.26 Å². The lowest BCUT2D eigenvalue weighted by molar-refractivity contribution is 0.386. The fourth-order valence-corrected chi connectivity index (χ4v) is 2.34. The number of rotatable bonds is 2. The molecule has 0 saturated heterocycles. The molecule has 0 unspecified atom stereocenters. The molecule has 1 heterocycles. The van der Waals surface area contributed by atoms with Crippen LogP contribution in [0.5, 0.6) is 5.75 Å². The highest BCUT2D eigenvalue weighted by atomic mass is 35.5. The summed E-state index contributed by atoms with van der Waals surface area (Å²) in [5.74, 6) is -0.313. The van der Waals surface area contributed by atoms with Gasteiger partial charge in [0.15, 0.2) is 17.3 Å². The molecular formula is C11H6ClFN2OS. The first-order chi connectivity index (χ1) is 8.15. The zero-order chi connectivity index (χ0) is 12.4. The molecule has 2 rings (SSSR count). The van der Waals surface area contributed by atoms with E-state index in [0.29, 0.717) is 14.9 Å². The molecule has 0 N–H and O–H groups in total. The number of nitriles is 1. The third-order valence-corrected chi connectivity index (χ3v) is 3.39. The third kappa shape index (κ3) is 2.23. The Hall–Kier alpha value is -1.64. The number of methoxy groups -OCH3 is 1. The summed E-state index contributed by atoms with van der Waals surface area (Å²) in [6, 6.07) is 6.34. The molecule has 0 amide bonds. The van der Waals surface area contributed by atoms with Gasteiger partial charge in [-0.3, -0.25) is 0 Å². The van der Waals surface area contributed by atoms with Crippen LogP contribution in [0.15, 0.2) is 18.2 Å². The van der Waals surface area contributed by atoms with Gasteiger partial charge in [0, 0.05) is 5.56 Å². The van der Waals surface area contributed by atoms with Gasteiger partial charge in [0.05, 0.1) is 7.11 Å². The second-order valence-corrected chi connectivity index (χ2v) is 4.70. The molecule has 1 aromatic heterocycles. The summed E-state index contributed by atoms with van der Waals surface area (Å²) in [7, 11) is 1.39. The Morgan fingerprint density at radius 1 is 1.53 bits per heavy atom. The average Bonchev–Trinajstić information content (AvgIpc) is 2.70. The highest BCUT2D eigenvalue weighted by Crippen LogP contribution is 2.33. The Bertz CT molecular complexity index is 606. The Labute approximate surface area is 106 Å². The first-order valence-corrected chi connectivity index (χ1v) is 5.75. The second-order valence-electron chi connectivity index (χ2n) is 3.10. The molecule has 86 valence electrons. The van der Waals surface area contributed by atoms with E-state index in [-0.39, 0.29) is 11.4 Å². The van der Waals surface area contributed by atoms with Gasteiger partial charge in [0.25, 0.3) is 0 Å². The molecule has 0 bridgehead atoms. The van der Waals surface area contributed by atoms with Crippen molar-refractivity contribution < 1.29 is 9.13 Å². The Morgan fingerprint density at radius 2 is 2.29 bits per heavy atom. The predicted octanol–water partition coefficient (Wildman–Crippen LogP) is 3.48. The number of benzene rings is 1. The Kier molecular flexibility index (Phi) is 3.27. The van der Waals surface area contributed by atoms with E-state index in [1.807, 2.05) is 6.07 Å². The lowest BCUT2D eigenvalue weighted by Crippen LogP contribution is -1.88. The first kappa shape index (κ1) is 11.8. The van der Waals surface area contributed by atoms with Crippen molar-refractivity contribution in [2.75, 3.05) is 7.11 Å². The lowest BCUT2D eigenvalue weighted by Gasteiger charge is -2.02. The maximum Gasteiger partial charge on any atom is 0.170 e. The van der Waals surface area contributed by atoms with Gasteiger partial charge in [0.1, 0.15) is 15.4 Å². The van der Waals surface area contributed by atoms with Gasteiger partial charge < -0.3 is 4.74 Å². The predicted molar refractivity (Wildman–Crippen MR) is 63.8 cm³/mol. The molecule has 3 nitrogen and oxygen atoms in total. The van der Waals surface area contributed by atoms with Crippen LogP contribution in [0.3, 0.4) is 0 Å². The molecule has 0 saturated carbocycles. The van der Waals surface area contributed by atoms with Crippen LogP contribution in [0, 0.1) is 17.1 Å². The van der Waals surface area contributed by atoms with Crippen molar-refractivity contribution in [3.63, 3.8) is 0 Å². The van der Waals surface area contributed by atoms with E-state index in [0.717, 1.165) is 11.3 Å². The topological polar surface area (TPSA) is 45.9 Å². The fraction of sp³-hybridized carbons (Fsp3) is 0.0909. The molecule has 0 spiro atoms. The molecular weight excluding hydrogens is 263 g/mol. The van der Waals surface area contributed by atoms with Crippen LogP contribution >= 0.6 is 22.9 Å². The summed E-state index contributed by atoms with van der Waals surface area (Å²) >= 11 is 6.95. The smallest absolute Gasteiger partial charge is 0.170 e. The zero-order valence-corrected chi connectivity index (χ0v) is 10.3. The Balaban J connectivity index is 2.47. The van der Waals surface area contributed by atoms with E-state index in [9.17, 15) is 4.39 Å². The van der Waals surface area contributed by atoms with Crippen molar-refractivity contribution in [3.05, 3.63) is 34.0 Å². The van der Waals surface area contributed by atoms with Crippen molar-refractivity contribution in [1.29, 1.82) is 5.26 Å². The molecule has 0 atom stereocenters. The van der Waals surface area contributed by atoms with Crippen LogP contribution in [0.4, 0.5) is 4.39 Å². The highest BCUT2D eigenvalue weighted by Gasteiger charge is 2.12. The van der Waals surface area contributed by atoms with Gasteiger partial charge in [0.2, 0.25) is 0 Å². The van der Waals surface area contributed by atoms with Crippen molar-refractivity contribution >= 4 is 22.9 Å². The van der Waals surface area contributed by atoms with Crippen molar-refractivity contribution in [3.8, 4) is 22.4 Å². The molecule has 17 heavy (non-hydrogen) atoms. The largest absolute Gasteiger partial charge is 0.494 e. The molecule has 2 aromatic rings. The summed E-state index contributed by atoms with van der Waals surface area (Å²) in [5.41, 5.74) is 0.722. The fourth-order valence-electron chi connectivity index (χ4n) is 1.29. The van der Waals surface area contributed by atoms with Crippen LogP contribution < -0.4 is 4.74 Å². The minimum Gasteiger partial charge on any atom is -0.494 e. The number of nitrogens with zero attached hydrogens (tertiary/aromatic N) is 2. The van der Waals surface area contributed by atoms with Crippen LogP contribution in [0.25, 0.3) is 10.6 Å². The Morgan fingerprint density at radius 3 is 2.82 bits per heavy atom. The summed E-state index contributed by atoms with van der Waals surface area (Å²) < 4.78 is 18.6. The van der Waals surface area contributed by atoms with Crippen LogP contribution in [0.2, 0.25) is 4.34 Å². The van der Waals surface area contributed by atoms with E-state index < -0.39 is 5.82 Å². The second kappa shape index (κ2) is 4.70. The van der Waals surface area contributed by atoms with E-state index in [4.69, 9.17) is 21.6 Å². The van der Waals surface area contributed by atoms with E-state index in [2.05, 4.69) is 4.98 Å². The highest BCUT2D eigenvalue weighted by molar-refractivity contribution is 7.19. The van der Waals surface area contributed by atoms with Gasteiger partial charge >= 0.3 is 0 Å². The monoisotopic (exact) mass is 268 g/mol. The number of hydrogen-bond donors (Lipinski definition) is 0. The normalized spacial score (nSPS) is 10.0. The van der Waals surface area contributed by atoms with Gasteiger partial charge in [-0.1, -0.05) is 11.6 Å². The summed E-state index contributed by atoms with van der Waals surface area (Å²) in [4.78, 5) is 4.01. The molecule has 6 heteroatoms. The first-order valence-electron chi connectivity index (χ1n) is 4.56. The lowest BCUT2D eigenvalue weighted by atomic mass is 10.2. The number of aromatic nitrogens is 1. The van der Waals surface area contributed by atoms with Crippen molar-refractivity contribution in [1.82, 2.24) is 4.98 Å². The average molecular weight is 269 g/mol. The summed E-state index contributed by atoms with van der Waals surface area (Å²) in [5, 5.41) is 9.24. The maximum atomic E-state index is 13.5. The van der Waals surface area contributed by atoms with Gasteiger partial charge in [-0.15, -0.1) is 11.3 Å².